The number of carbonyl (C=O) groups excluding carboxylic acids is 2. The summed E-state index contributed by atoms with van der Waals surface area (Å²) >= 11 is 1.29. The Labute approximate surface area is 194 Å². The quantitative estimate of drug-likeness (QED) is 0.407. The van der Waals surface area contributed by atoms with Gasteiger partial charge >= 0.3 is 12.1 Å². The van der Waals surface area contributed by atoms with Gasteiger partial charge in [0.2, 0.25) is 0 Å². The van der Waals surface area contributed by atoms with E-state index in [1.165, 1.54) is 16.2 Å². The second kappa shape index (κ2) is 10.2. The molecular formula is C23H24F3N3O3S. The van der Waals surface area contributed by atoms with Crippen molar-refractivity contribution < 1.29 is 27.5 Å². The standard InChI is InChI=1S/C23H24F3N3O3S/c1-14(23(24,25)26)21(31)32-13-19(30)29(12-17-8-6-7-16(9-17)11-27)20-15(2)28-18(33-20)10-22(3,4)5/h6-9H,1,10,12-13H2,2-5H3. The van der Waals surface area contributed by atoms with Gasteiger partial charge in [0.05, 0.1) is 28.9 Å². The van der Waals surface area contributed by atoms with Gasteiger partial charge in [0.15, 0.2) is 6.61 Å². The molecule has 0 unspecified atom stereocenters. The molecule has 33 heavy (non-hydrogen) atoms. The lowest BCUT2D eigenvalue weighted by Crippen LogP contribution is -2.35. The molecule has 176 valence electrons. The average molecular weight is 480 g/mol. The topological polar surface area (TPSA) is 83.3 Å². The summed E-state index contributed by atoms with van der Waals surface area (Å²) in [4.78, 5) is 30.5. The number of nitriles is 1. The second-order valence-corrected chi connectivity index (χ2v) is 9.64. The molecule has 0 saturated heterocycles. The van der Waals surface area contributed by atoms with E-state index in [2.05, 4.69) is 16.3 Å². The highest BCUT2D eigenvalue weighted by molar-refractivity contribution is 7.16. The van der Waals surface area contributed by atoms with E-state index in [-0.39, 0.29) is 12.0 Å². The number of amides is 1. The number of aromatic nitrogens is 1. The lowest BCUT2D eigenvalue weighted by molar-refractivity contribution is -0.153. The van der Waals surface area contributed by atoms with Crippen molar-refractivity contribution >= 4 is 28.2 Å². The summed E-state index contributed by atoms with van der Waals surface area (Å²) in [6.45, 7) is 9.66. The molecule has 1 aromatic carbocycles. The maximum absolute atomic E-state index is 13.0. The number of carbonyl (C=O) groups is 2. The Bertz CT molecular complexity index is 1090. The summed E-state index contributed by atoms with van der Waals surface area (Å²) in [6.07, 6.45) is -4.29. The summed E-state index contributed by atoms with van der Waals surface area (Å²) < 4.78 is 42.6. The van der Waals surface area contributed by atoms with Gasteiger partial charge in [0.25, 0.3) is 5.91 Å². The van der Waals surface area contributed by atoms with E-state index < -0.39 is 30.2 Å². The van der Waals surface area contributed by atoms with Gasteiger partial charge < -0.3 is 4.74 Å². The molecule has 2 rings (SSSR count). The van der Waals surface area contributed by atoms with Gasteiger partial charge in [0.1, 0.15) is 10.6 Å². The maximum Gasteiger partial charge on any atom is 0.422 e. The van der Waals surface area contributed by atoms with E-state index in [0.717, 1.165) is 5.01 Å². The molecule has 1 heterocycles. The molecule has 0 fully saturated rings. The highest BCUT2D eigenvalue weighted by atomic mass is 32.1. The number of rotatable bonds is 7. The SMILES string of the molecule is C=C(C(=O)OCC(=O)N(Cc1cccc(C#N)c1)c1sc(CC(C)(C)C)nc1C)C(F)(F)F. The molecule has 0 saturated carbocycles. The normalized spacial score (nSPS) is 11.6. The molecule has 0 spiro atoms. The molecule has 0 radical (unpaired) electrons. The first-order valence-electron chi connectivity index (χ1n) is 9.90. The number of benzene rings is 1. The number of hydrogen-bond donors (Lipinski definition) is 0. The molecule has 0 N–H and O–H groups in total. The molecule has 2 aromatic rings. The summed E-state index contributed by atoms with van der Waals surface area (Å²) in [5, 5.41) is 10.4. The van der Waals surface area contributed by atoms with E-state index in [1.54, 1.807) is 31.2 Å². The highest BCUT2D eigenvalue weighted by Gasteiger charge is 2.38. The number of aryl methyl sites for hydroxylation is 1. The molecule has 0 atom stereocenters. The molecule has 0 aliphatic carbocycles. The second-order valence-electron chi connectivity index (χ2n) is 8.58. The Hall–Kier alpha value is -3.19. The van der Waals surface area contributed by atoms with Crippen LogP contribution in [0.25, 0.3) is 0 Å². The zero-order chi connectivity index (χ0) is 25.0. The van der Waals surface area contributed by atoms with Crippen LogP contribution >= 0.6 is 11.3 Å². The predicted octanol–water partition coefficient (Wildman–Crippen LogP) is 5.11. The van der Waals surface area contributed by atoms with E-state index in [1.807, 2.05) is 26.8 Å². The van der Waals surface area contributed by atoms with Gasteiger partial charge in [-0.15, -0.1) is 11.3 Å². The summed E-state index contributed by atoms with van der Waals surface area (Å²) in [5.74, 6) is -2.44. The minimum absolute atomic E-state index is 0.0180. The van der Waals surface area contributed by atoms with Crippen molar-refractivity contribution in [2.24, 2.45) is 5.41 Å². The minimum atomic E-state index is -4.95. The molecular weight excluding hydrogens is 455 g/mol. The third kappa shape index (κ3) is 7.43. The average Bonchev–Trinajstić information content (AvgIpc) is 3.06. The van der Waals surface area contributed by atoms with Crippen molar-refractivity contribution in [1.82, 2.24) is 4.98 Å². The minimum Gasteiger partial charge on any atom is -0.452 e. The molecule has 10 heteroatoms. The molecule has 0 aliphatic heterocycles. The molecule has 0 aliphatic rings. The number of halogens is 3. The summed E-state index contributed by atoms with van der Waals surface area (Å²) in [5.41, 5.74) is -0.161. The van der Waals surface area contributed by atoms with Gasteiger partial charge in [-0.25, -0.2) is 9.78 Å². The highest BCUT2D eigenvalue weighted by Crippen LogP contribution is 2.33. The largest absolute Gasteiger partial charge is 0.452 e. The molecule has 6 nitrogen and oxygen atoms in total. The Morgan fingerprint density at radius 3 is 2.52 bits per heavy atom. The fourth-order valence-electron chi connectivity index (χ4n) is 2.83. The Morgan fingerprint density at radius 1 is 1.27 bits per heavy atom. The predicted molar refractivity (Wildman–Crippen MR) is 119 cm³/mol. The lowest BCUT2D eigenvalue weighted by Gasteiger charge is -2.22. The first-order valence-corrected chi connectivity index (χ1v) is 10.7. The zero-order valence-corrected chi connectivity index (χ0v) is 19.6. The van der Waals surface area contributed by atoms with Crippen molar-refractivity contribution in [3.63, 3.8) is 0 Å². The maximum atomic E-state index is 13.0. The number of ether oxygens (including phenoxy) is 1. The van der Waals surface area contributed by atoms with Crippen LogP contribution in [0.4, 0.5) is 18.2 Å². The van der Waals surface area contributed by atoms with Crippen molar-refractivity contribution in [3.05, 3.63) is 58.2 Å². The fraction of sp³-hybridized carbons (Fsp3) is 0.391. The van der Waals surface area contributed by atoms with Crippen LogP contribution in [0, 0.1) is 23.7 Å². The van der Waals surface area contributed by atoms with Crippen molar-refractivity contribution in [1.29, 1.82) is 5.26 Å². The number of anilines is 1. The van der Waals surface area contributed by atoms with Gasteiger partial charge in [-0.1, -0.05) is 39.5 Å². The monoisotopic (exact) mass is 479 g/mol. The lowest BCUT2D eigenvalue weighted by atomic mass is 9.93. The van der Waals surface area contributed by atoms with Gasteiger partial charge in [-0.3, -0.25) is 9.69 Å². The number of esters is 1. The molecule has 1 amide bonds. The van der Waals surface area contributed by atoms with Crippen LogP contribution in [0.15, 0.2) is 36.4 Å². The first kappa shape index (κ1) is 26.1. The van der Waals surface area contributed by atoms with Crippen LogP contribution in [-0.4, -0.2) is 29.6 Å². The van der Waals surface area contributed by atoms with E-state index >= 15 is 0 Å². The van der Waals surface area contributed by atoms with Crippen LogP contribution in [0.5, 0.6) is 0 Å². The van der Waals surface area contributed by atoms with Crippen LogP contribution < -0.4 is 4.90 Å². The zero-order valence-electron chi connectivity index (χ0n) is 18.7. The third-order valence-electron chi connectivity index (χ3n) is 4.36. The van der Waals surface area contributed by atoms with Crippen LogP contribution in [0.3, 0.4) is 0 Å². The van der Waals surface area contributed by atoms with Crippen molar-refractivity contribution in [2.45, 2.75) is 46.8 Å². The van der Waals surface area contributed by atoms with Crippen molar-refractivity contribution in [2.75, 3.05) is 11.5 Å². The smallest absolute Gasteiger partial charge is 0.422 e. The Morgan fingerprint density at radius 2 is 1.94 bits per heavy atom. The molecule has 0 bridgehead atoms. The third-order valence-corrected chi connectivity index (χ3v) is 5.54. The van der Waals surface area contributed by atoms with Gasteiger partial charge in [-0.2, -0.15) is 18.4 Å². The van der Waals surface area contributed by atoms with Crippen LogP contribution in [0.2, 0.25) is 0 Å². The van der Waals surface area contributed by atoms with Crippen LogP contribution in [0.1, 0.15) is 42.6 Å². The van der Waals surface area contributed by atoms with Crippen molar-refractivity contribution in [3.8, 4) is 6.07 Å². The van der Waals surface area contributed by atoms with E-state index in [4.69, 9.17) is 5.26 Å². The number of nitrogens with zero attached hydrogens (tertiary/aromatic N) is 3. The number of alkyl halides is 3. The Kier molecular flexibility index (Phi) is 8.03. The van der Waals surface area contributed by atoms with Gasteiger partial charge in [-0.05, 0) is 30.0 Å². The summed E-state index contributed by atoms with van der Waals surface area (Å²) in [6, 6.07) is 8.61. The van der Waals surface area contributed by atoms with Crippen LogP contribution in [-0.2, 0) is 27.3 Å². The summed E-state index contributed by atoms with van der Waals surface area (Å²) in [7, 11) is 0. The number of thiazole rings is 1. The Balaban J connectivity index is 2.33. The first-order chi connectivity index (χ1) is 15.2. The fourth-order valence-corrected chi connectivity index (χ4v) is 4.21. The molecule has 1 aromatic heterocycles. The van der Waals surface area contributed by atoms with E-state index in [9.17, 15) is 22.8 Å². The van der Waals surface area contributed by atoms with Gasteiger partial charge in [0, 0.05) is 6.42 Å². The van der Waals surface area contributed by atoms with E-state index in [0.29, 0.717) is 28.2 Å². The number of hydrogen-bond acceptors (Lipinski definition) is 6.